The molecular weight excluding hydrogens is 238 g/mol. The van der Waals surface area contributed by atoms with E-state index in [9.17, 15) is 4.79 Å². The maximum absolute atomic E-state index is 12.4. The number of likely N-dealkylation sites (tertiary alicyclic amines) is 1. The van der Waals surface area contributed by atoms with Crippen molar-refractivity contribution in [3.8, 4) is 0 Å². The van der Waals surface area contributed by atoms with Crippen molar-refractivity contribution in [1.29, 1.82) is 0 Å². The van der Waals surface area contributed by atoms with Crippen LogP contribution in [0.25, 0.3) is 0 Å². The molecule has 0 saturated carbocycles. The molecule has 0 aromatic carbocycles. The van der Waals surface area contributed by atoms with Crippen LogP contribution in [0.3, 0.4) is 0 Å². The summed E-state index contributed by atoms with van der Waals surface area (Å²) in [5, 5.41) is 0. The van der Waals surface area contributed by atoms with Gasteiger partial charge in [0, 0.05) is 26.2 Å². The number of hydrogen-bond acceptors (Lipinski definition) is 3. The molecule has 1 aromatic heterocycles. The normalized spacial score (nSPS) is 19.8. The van der Waals surface area contributed by atoms with Gasteiger partial charge < -0.3 is 9.80 Å². The second-order valence-corrected chi connectivity index (χ2v) is 5.43. The highest BCUT2D eigenvalue weighted by atomic mass is 16.2. The van der Waals surface area contributed by atoms with Gasteiger partial charge in [-0.2, -0.15) is 0 Å². The molecule has 1 amide bonds. The second kappa shape index (κ2) is 5.59. The van der Waals surface area contributed by atoms with Gasteiger partial charge in [0.2, 0.25) is 0 Å². The Kier molecular flexibility index (Phi) is 3.67. The number of nitrogens with zero attached hydrogens (tertiary/aromatic N) is 3. The van der Waals surface area contributed by atoms with Crippen molar-refractivity contribution in [3.05, 3.63) is 23.9 Å². The van der Waals surface area contributed by atoms with E-state index in [1.54, 1.807) is 0 Å². The molecule has 0 N–H and O–H groups in total. The van der Waals surface area contributed by atoms with E-state index in [1.165, 1.54) is 19.3 Å². The van der Waals surface area contributed by atoms with Gasteiger partial charge in [0.1, 0.15) is 11.5 Å². The minimum atomic E-state index is 0.0979. The third kappa shape index (κ3) is 2.72. The van der Waals surface area contributed by atoms with Gasteiger partial charge >= 0.3 is 0 Å². The van der Waals surface area contributed by atoms with Gasteiger partial charge in [-0.25, -0.2) is 4.98 Å². The Hall–Kier alpha value is -1.58. The summed E-state index contributed by atoms with van der Waals surface area (Å²) in [7, 11) is 0. The maximum Gasteiger partial charge on any atom is 0.272 e. The summed E-state index contributed by atoms with van der Waals surface area (Å²) >= 11 is 0. The number of piperidine rings is 1. The zero-order valence-corrected chi connectivity index (χ0v) is 11.3. The van der Waals surface area contributed by atoms with Crippen molar-refractivity contribution >= 4 is 11.7 Å². The van der Waals surface area contributed by atoms with E-state index in [0.717, 1.165) is 44.8 Å². The SMILES string of the molecule is O=C(c1cccc(N2CCCC2)n1)N1CCCCC1. The Morgan fingerprint density at radius 1 is 0.947 bits per heavy atom. The first-order valence-electron chi connectivity index (χ1n) is 7.36. The number of rotatable bonds is 2. The molecule has 0 aliphatic carbocycles. The number of amides is 1. The van der Waals surface area contributed by atoms with E-state index in [2.05, 4.69) is 9.88 Å². The highest BCUT2D eigenvalue weighted by molar-refractivity contribution is 5.92. The summed E-state index contributed by atoms with van der Waals surface area (Å²) in [5.41, 5.74) is 0.603. The summed E-state index contributed by atoms with van der Waals surface area (Å²) in [6, 6.07) is 5.81. The molecule has 4 nitrogen and oxygen atoms in total. The molecule has 102 valence electrons. The Morgan fingerprint density at radius 2 is 1.63 bits per heavy atom. The van der Waals surface area contributed by atoms with Gasteiger partial charge in [0.25, 0.3) is 5.91 Å². The number of carbonyl (C=O) groups excluding carboxylic acids is 1. The van der Waals surface area contributed by atoms with E-state index in [-0.39, 0.29) is 5.91 Å². The quantitative estimate of drug-likeness (QED) is 0.817. The van der Waals surface area contributed by atoms with Crippen molar-refractivity contribution in [2.24, 2.45) is 0 Å². The van der Waals surface area contributed by atoms with Gasteiger partial charge in [-0.3, -0.25) is 4.79 Å². The lowest BCUT2D eigenvalue weighted by atomic mass is 10.1. The molecule has 3 rings (SSSR count). The molecule has 0 bridgehead atoms. The summed E-state index contributed by atoms with van der Waals surface area (Å²) in [5.74, 6) is 1.06. The Morgan fingerprint density at radius 3 is 2.37 bits per heavy atom. The van der Waals surface area contributed by atoms with E-state index < -0.39 is 0 Å². The lowest BCUT2D eigenvalue weighted by molar-refractivity contribution is 0.0718. The molecular formula is C15H21N3O. The van der Waals surface area contributed by atoms with Crippen LogP contribution in [0, 0.1) is 0 Å². The predicted molar refractivity (Wildman–Crippen MR) is 75.4 cm³/mol. The highest BCUT2D eigenvalue weighted by Gasteiger charge is 2.20. The number of carbonyl (C=O) groups is 1. The smallest absolute Gasteiger partial charge is 0.272 e. The monoisotopic (exact) mass is 259 g/mol. The van der Waals surface area contributed by atoms with Crippen molar-refractivity contribution in [2.45, 2.75) is 32.1 Å². The average molecular weight is 259 g/mol. The third-order valence-electron chi connectivity index (χ3n) is 4.03. The summed E-state index contributed by atoms with van der Waals surface area (Å²) in [6.07, 6.45) is 5.94. The Balaban J connectivity index is 1.76. The molecule has 0 atom stereocenters. The van der Waals surface area contributed by atoms with Crippen LogP contribution in [-0.4, -0.2) is 42.0 Å². The molecule has 1 aromatic rings. The van der Waals surface area contributed by atoms with E-state index in [4.69, 9.17) is 0 Å². The molecule has 0 radical (unpaired) electrons. The van der Waals surface area contributed by atoms with Gasteiger partial charge in [0.05, 0.1) is 0 Å². The van der Waals surface area contributed by atoms with E-state index in [0.29, 0.717) is 5.69 Å². The molecule has 0 spiro atoms. The first kappa shape index (κ1) is 12.5. The summed E-state index contributed by atoms with van der Waals surface area (Å²) in [4.78, 5) is 21.2. The molecule has 2 fully saturated rings. The number of pyridine rings is 1. The number of aromatic nitrogens is 1. The van der Waals surface area contributed by atoms with Crippen LogP contribution in [0.15, 0.2) is 18.2 Å². The summed E-state index contributed by atoms with van der Waals surface area (Å²) < 4.78 is 0. The fourth-order valence-electron chi connectivity index (χ4n) is 2.92. The molecule has 4 heteroatoms. The molecule has 0 unspecified atom stereocenters. The number of hydrogen-bond donors (Lipinski definition) is 0. The zero-order chi connectivity index (χ0) is 13.1. The highest BCUT2D eigenvalue weighted by Crippen LogP contribution is 2.19. The van der Waals surface area contributed by atoms with Crippen LogP contribution < -0.4 is 4.90 Å². The van der Waals surface area contributed by atoms with Gasteiger partial charge in [-0.15, -0.1) is 0 Å². The molecule has 2 aliphatic rings. The topological polar surface area (TPSA) is 36.4 Å². The van der Waals surface area contributed by atoms with Gasteiger partial charge in [-0.1, -0.05) is 6.07 Å². The predicted octanol–water partition coefficient (Wildman–Crippen LogP) is 2.31. The Labute approximate surface area is 114 Å². The van der Waals surface area contributed by atoms with Crippen LogP contribution in [-0.2, 0) is 0 Å². The maximum atomic E-state index is 12.4. The Bertz CT molecular complexity index is 448. The zero-order valence-electron chi connectivity index (χ0n) is 11.3. The third-order valence-corrected chi connectivity index (χ3v) is 4.03. The van der Waals surface area contributed by atoms with Crippen molar-refractivity contribution in [3.63, 3.8) is 0 Å². The van der Waals surface area contributed by atoms with Crippen molar-refractivity contribution in [1.82, 2.24) is 9.88 Å². The largest absolute Gasteiger partial charge is 0.357 e. The molecule has 2 aliphatic heterocycles. The second-order valence-electron chi connectivity index (χ2n) is 5.43. The lowest BCUT2D eigenvalue weighted by Crippen LogP contribution is -2.36. The van der Waals surface area contributed by atoms with Crippen LogP contribution in [0.4, 0.5) is 5.82 Å². The van der Waals surface area contributed by atoms with Crippen molar-refractivity contribution < 1.29 is 4.79 Å². The average Bonchev–Trinajstić information content (AvgIpc) is 3.02. The van der Waals surface area contributed by atoms with Crippen LogP contribution in [0.1, 0.15) is 42.6 Å². The lowest BCUT2D eigenvalue weighted by Gasteiger charge is -2.26. The van der Waals surface area contributed by atoms with Crippen LogP contribution in [0.2, 0.25) is 0 Å². The first-order valence-corrected chi connectivity index (χ1v) is 7.36. The molecule has 3 heterocycles. The molecule has 19 heavy (non-hydrogen) atoms. The van der Waals surface area contributed by atoms with Gasteiger partial charge in [-0.05, 0) is 44.2 Å². The number of anilines is 1. The van der Waals surface area contributed by atoms with Gasteiger partial charge in [0.15, 0.2) is 0 Å². The molecule has 2 saturated heterocycles. The minimum Gasteiger partial charge on any atom is -0.357 e. The van der Waals surface area contributed by atoms with Crippen LogP contribution >= 0.6 is 0 Å². The first-order chi connectivity index (χ1) is 9.34. The fourth-order valence-corrected chi connectivity index (χ4v) is 2.92. The fraction of sp³-hybridized carbons (Fsp3) is 0.600. The van der Waals surface area contributed by atoms with Crippen LogP contribution in [0.5, 0.6) is 0 Å². The van der Waals surface area contributed by atoms with Crippen molar-refractivity contribution in [2.75, 3.05) is 31.1 Å². The minimum absolute atomic E-state index is 0.0979. The van der Waals surface area contributed by atoms with E-state index in [1.807, 2.05) is 23.1 Å². The summed E-state index contributed by atoms with van der Waals surface area (Å²) in [6.45, 7) is 3.89. The standard InChI is InChI=1S/C15H21N3O/c19-15(18-11-2-1-3-12-18)13-7-6-8-14(16-13)17-9-4-5-10-17/h6-8H,1-5,9-12H2. The van der Waals surface area contributed by atoms with E-state index >= 15 is 0 Å².